The molecule has 2 aromatic heterocycles. The molecule has 3 aromatic rings. The Hall–Kier alpha value is -3.26. The Balaban J connectivity index is 1.95. The van der Waals surface area contributed by atoms with Crippen LogP contribution in [0.2, 0.25) is 0 Å². The average Bonchev–Trinajstić information content (AvgIpc) is 3.13. The van der Waals surface area contributed by atoms with Crippen LogP contribution < -0.4 is 14.9 Å². The van der Waals surface area contributed by atoms with Crippen LogP contribution in [0.15, 0.2) is 53.0 Å². The number of hydrogen-bond donors (Lipinski definition) is 1. The molecule has 0 fully saturated rings. The van der Waals surface area contributed by atoms with Gasteiger partial charge in [-0.05, 0) is 69.2 Å². The lowest BCUT2D eigenvalue weighted by Gasteiger charge is -2.12. The zero-order valence-corrected chi connectivity index (χ0v) is 19.6. The van der Waals surface area contributed by atoms with Crippen LogP contribution in [0, 0.1) is 6.92 Å². The Labute approximate surface area is 191 Å². The monoisotopic (exact) mass is 452 g/mol. The van der Waals surface area contributed by atoms with Gasteiger partial charge < -0.3 is 14.6 Å². The molecule has 168 valence electrons. The summed E-state index contributed by atoms with van der Waals surface area (Å²) in [7, 11) is 0. The number of amides is 2. The van der Waals surface area contributed by atoms with Gasteiger partial charge in [0, 0.05) is 31.6 Å². The number of nitrogens with one attached hydrogen (secondary N) is 1. The van der Waals surface area contributed by atoms with Gasteiger partial charge in [0.2, 0.25) is 5.91 Å². The second-order valence-corrected chi connectivity index (χ2v) is 8.47. The van der Waals surface area contributed by atoms with Crippen LogP contribution in [0.4, 0.5) is 0 Å². The molecular weight excluding hydrogens is 424 g/mol. The molecule has 0 spiro atoms. The Morgan fingerprint density at radius 3 is 2.62 bits per heavy atom. The summed E-state index contributed by atoms with van der Waals surface area (Å²) < 4.78 is 7.76. The third kappa shape index (κ3) is 6.13. The zero-order valence-electron chi connectivity index (χ0n) is 18.8. The average molecular weight is 453 g/mol. The summed E-state index contributed by atoms with van der Waals surface area (Å²) in [6.45, 7) is 8.44. The highest BCUT2D eigenvalue weighted by Gasteiger charge is 2.12. The van der Waals surface area contributed by atoms with Gasteiger partial charge in [-0.1, -0.05) is 0 Å². The molecule has 0 unspecified atom stereocenters. The van der Waals surface area contributed by atoms with Crippen molar-refractivity contribution in [3.63, 3.8) is 0 Å². The van der Waals surface area contributed by atoms with Gasteiger partial charge in [-0.15, -0.1) is 11.3 Å². The number of carbonyl (C=O) groups is 2. The summed E-state index contributed by atoms with van der Waals surface area (Å²) >= 11 is 1.42. The molecule has 0 saturated carbocycles. The summed E-state index contributed by atoms with van der Waals surface area (Å²) in [5.41, 5.74) is 3.10. The normalized spacial score (nSPS) is 11.6. The topological polar surface area (TPSA) is 85.6 Å². The molecule has 2 heterocycles. The number of carbonyl (C=O) groups excluding carboxylic acids is 2. The molecule has 3 rings (SSSR count). The van der Waals surface area contributed by atoms with Gasteiger partial charge in [0.15, 0.2) is 4.80 Å². The Morgan fingerprint density at radius 2 is 1.97 bits per heavy atom. The maximum atomic E-state index is 12.8. The van der Waals surface area contributed by atoms with E-state index in [0.29, 0.717) is 35.6 Å². The molecule has 32 heavy (non-hydrogen) atoms. The maximum Gasteiger partial charge on any atom is 0.281 e. The Morgan fingerprint density at radius 1 is 1.22 bits per heavy atom. The van der Waals surface area contributed by atoms with E-state index < -0.39 is 0 Å². The molecule has 0 bridgehead atoms. The summed E-state index contributed by atoms with van der Waals surface area (Å²) in [6, 6.07) is 11.3. The van der Waals surface area contributed by atoms with Gasteiger partial charge in [0.05, 0.1) is 23.1 Å². The fourth-order valence-corrected chi connectivity index (χ4v) is 4.13. The summed E-state index contributed by atoms with van der Waals surface area (Å²) in [4.78, 5) is 33.2. The number of hydrogen-bond acceptors (Lipinski definition) is 5. The first-order chi connectivity index (χ1) is 15.3. The fourth-order valence-electron chi connectivity index (χ4n) is 3.20. The molecule has 0 saturated heterocycles. The van der Waals surface area contributed by atoms with Crippen molar-refractivity contribution < 1.29 is 14.3 Å². The van der Waals surface area contributed by atoms with Crippen LogP contribution in [0.3, 0.4) is 0 Å². The summed E-state index contributed by atoms with van der Waals surface area (Å²) in [5.74, 6) is 0.428. The van der Waals surface area contributed by atoms with Gasteiger partial charge in [0.25, 0.3) is 5.91 Å². The molecule has 0 radical (unpaired) electrons. The van der Waals surface area contributed by atoms with Crippen LogP contribution in [0.25, 0.3) is 11.3 Å². The van der Waals surface area contributed by atoms with Crippen molar-refractivity contribution in [1.29, 1.82) is 0 Å². The first kappa shape index (κ1) is 23.4. The molecule has 2 amide bonds. The van der Waals surface area contributed by atoms with E-state index in [1.165, 1.54) is 18.3 Å². The Bertz CT molecular complexity index is 1150. The molecule has 0 aliphatic heterocycles. The molecule has 0 aliphatic rings. The number of benzene rings is 1. The number of thiazole rings is 1. The van der Waals surface area contributed by atoms with Crippen molar-refractivity contribution in [1.82, 2.24) is 14.9 Å². The van der Waals surface area contributed by atoms with Gasteiger partial charge >= 0.3 is 0 Å². The van der Waals surface area contributed by atoms with Crippen LogP contribution in [-0.4, -0.2) is 34.0 Å². The minimum atomic E-state index is -0.319. The number of ether oxygens (including phenoxy) is 1. The van der Waals surface area contributed by atoms with Crippen molar-refractivity contribution in [2.75, 3.05) is 6.54 Å². The van der Waals surface area contributed by atoms with Crippen LogP contribution in [0.1, 0.15) is 43.2 Å². The Kier molecular flexibility index (Phi) is 7.94. The number of aromatic nitrogens is 2. The third-order valence-electron chi connectivity index (χ3n) is 4.69. The minimum Gasteiger partial charge on any atom is -0.491 e. The van der Waals surface area contributed by atoms with Crippen LogP contribution in [-0.2, 0) is 11.3 Å². The standard InChI is InChI=1S/C24H28N4O3S/c1-16(2)31-20-10-8-19(9-11-20)22-15-32-24(28(22)14-6-13-26-18(4)29)27-23(30)21-7-5-12-25-17(21)3/h5,7-12,15-16H,6,13-14H2,1-4H3,(H,26,29). The molecular formula is C24H28N4O3S. The van der Waals surface area contributed by atoms with Crippen LogP contribution >= 0.6 is 11.3 Å². The first-order valence-corrected chi connectivity index (χ1v) is 11.4. The predicted molar refractivity (Wildman–Crippen MR) is 126 cm³/mol. The van der Waals surface area contributed by atoms with E-state index >= 15 is 0 Å². The lowest BCUT2D eigenvalue weighted by atomic mass is 10.1. The molecule has 1 aromatic carbocycles. The van der Waals surface area contributed by atoms with E-state index in [4.69, 9.17) is 4.74 Å². The fraction of sp³-hybridized carbons (Fsp3) is 0.333. The van der Waals surface area contributed by atoms with E-state index in [1.807, 2.05) is 48.1 Å². The predicted octanol–water partition coefficient (Wildman–Crippen LogP) is 3.97. The van der Waals surface area contributed by atoms with E-state index in [9.17, 15) is 9.59 Å². The van der Waals surface area contributed by atoms with E-state index in [-0.39, 0.29) is 17.9 Å². The van der Waals surface area contributed by atoms with Gasteiger partial charge in [0.1, 0.15) is 5.75 Å². The summed E-state index contributed by atoms with van der Waals surface area (Å²) in [6.07, 6.45) is 2.48. The van der Waals surface area contributed by atoms with E-state index in [1.54, 1.807) is 25.3 Å². The second-order valence-electron chi connectivity index (χ2n) is 7.64. The van der Waals surface area contributed by atoms with Crippen LogP contribution in [0.5, 0.6) is 5.75 Å². The number of rotatable bonds is 8. The molecule has 8 heteroatoms. The highest BCUT2D eigenvalue weighted by Crippen LogP contribution is 2.24. The second kappa shape index (κ2) is 10.9. The smallest absolute Gasteiger partial charge is 0.281 e. The van der Waals surface area contributed by atoms with Crippen molar-refractivity contribution >= 4 is 23.2 Å². The highest BCUT2D eigenvalue weighted by atomic mass is 32.1. The van der Waals surface area contributed by atoms with Gasteiger partial charge in [-0.3, -0.25) is 14.6 Å². The van der Waals surface area contributed by atoms with Crippen molar-refractivity contribution in [2.24, 2.45) is 4.99 Å². The molecule has 0 atom stereocenters. The number of nitrogens with zero attached hydrogens (tertiary/aromatic N) is 3. The SMILES string of the molecule is CC(=O)NCCCn1c(-c2ccc(OC(C)C)cc2)csc1=NC(=O)c1cccnc1C. The third-order valence-corrected chi connectivity index (χ3v) is 5.55. The van der Waals surface area contributed by atoms with Crippen molar-refractivity contribution in [3.05, 3.63) is 64.0 Å². The molecule has 7 nitrogen and oxygen atoms in total. The first-order valence-electron chi connectivity index (χ1n) is 10.6. The number of aryl methyl sites for hydroxylation is 1. The van der Waals surface area contributed by atoms with Gasteiger partial charge in [-0.2, -0.15) is 4.99 Å². The molecule has 0 aliphatic carbocycles. The summed E-state index contributed by atoms with van der Waals surface area (Å²) in [5, 5.41) is 4.81. The van der Waals surface area contributed by atoms with E-state index in [0.717, 1.165) is 17.0 Å². The lowest BCUT2D eigenvalue weighted by Crippen LogP contribution is -2.24. The minimum absolute atomic E-state index is 0.0616. The molecule has 1 N–H and O–H groups in total. The van der Waals surface area contributed by atoms with Crippen molar-refractivity contribution in [2.45, 2.75) is 46.8 Å². The largest absolute Gasteiger partial charge is 0.491 e. The number of pyridine rings is 1. The van der Waals surface area contributed by atoms with Crippen molar-refractivity contribution in [3.8, 4) is 17.0 Å². The van der Waals surface area contributed by atoms with E-state index in [2.05, 4.69) is 15.3 Å². The highest BCUT2D eigenvalue weighted by molar-refractivity contribution is 7.07. The quantitative estimate of drug-likeness (QED) is 0.524. The zero-order chi connectivity index (χ0) is 23.1. The maximum absolute atomic E-state index is 12.8. The van der Waals surface area contributed by atoms with Gasteiger partial charge in [-0.25, -0.2) is 0 Å². The lowest BCUT2D eigenvalue weighted by molar-refractivity contribution is -0.118.